The minimum absolute atomic E-state index is 0.157. The van der Waals surface area contributed by atoms with Gasteiger partial charge in [0.15, 0.2) is 0 Å². The van der Waals surface area contributed by atoms with Crippen LogP contribution in [0.5, 0.6) is 12.1 Å². The Morgan fingerprint density at radius 2 is 2.41 bits per heavy atom. The first-order valence-corrected chi connectivity index (χ1v) is 5.46. The maximum Gasteiger partial charge on any atom is 0.401 e. The summed E-state index contributed by atoms with van der Waals surface area (Å²) in [6, 6.07) is 0.224. The van der Waals surface area contributed by atoms with Crippen molar-refractivity contribution < 1.29 is 9.15 Å². The number of oxazole rings is 1. The van der Waals surface area contributed by atoms with Gasteiger partial charge in [-0.3, -0.25) is 4.68 Å². The highest BCUT2D eigenvalue weighted by atomic mass is 16.6. The molecule has 0 unspecified atom stereocenters. The molecule has 17 heavy (non-hydrogen) atoms. The molecule has 0 aliphatic rings. The van der Waals surface area contributed by atoms with Gasteiger partial charge in [0.05, 0.1) is 5.69 Å². The van der Waals surface area contributed by atoms with Crippen LogP contribution in [-0.4, -0.2) is 26.3 Å². The quantitative estimate of drug-likeness (QED) is 0.758. The molecule has 7 nitrogen and oxygen atoms in total. The first-order valence-electron chi connectivity index (χ1n) is 5.46. The predicted molar refractivity (Wildman–Crippen MR) is 59.6 cm³/mol. The van der Waals surface area contributed by atoms with Crippen LogP contribution >= 0.6 is 0 Å². The van der Waals surface area contributed by atoms with Crippen LogP contribution in [0.25, 0.3) is 0 Å². The lowest BCUT2D eigenvalue weighted by Gasteiger charge is -1.96. The zero-order valence-electron chi connectivity index (χ0n) is 9.88. The lowest BCUT2D eigenvalue weighted by Crippen LogP contribution is -2.13. The normalized spacial score (nSPS) is 10.7. The molecule has 2 rings (SSSR count). The maximum atomic E-state index is 5.24. The molecule has 0 bridgehead atoms. The van der Waals surface area contributed by atoms with Crippen molar-refractivity contribution in [1.29, 1.82) is 0 Å². The number of hydrogen-bond donors (Lipinski definition) is 1. The third kappa shape index (κ3) is 3.28. The molecule has 0 aliphatic carbocycles. The molecule has 2 heterocycles. The van der Waals surface area contributed by atoms with Crippen LogP contribution < -0.4 is 10.1 Å². The lowest BCUT2D eigenvalue weighted by atomic mass is 10.4. The van der Waals surface area contributed by atoms with E-state index in [0.29, 0.717) is 6.54 Å². The van der Waals surface area contributed by atoms with Crippen molar-refractivity contribution in [2.24, 2.45) is 7.05 Å². The zero-order valence-corrected chi connectivity index (χ0v) is 9.88. The number of ether oxygens (including phenoxy) is 1. The number of aromatic nitrogens is 4. The fourth-order valence-corrected chi connectivity index (χ4v) is 1.25. The van der Waals surface area contributed by atoms with Crippen LogP contribution in [0, 0.1) is 0 Å². The van der Waals surface area contributed by atoms with Gasteiger partial charge in [0.1, 0.15) is 12.6 Å². The Labute approximate surface area is 98.8 Å². The Morgan fingerprint density at radius 1 is 1.53 bits per heavy atom. The van der Waals surface area contributed by atoms with E-state index < -0.39 is 0 Å². The van der Waals surface area contributed by atoms with Crippen molar-refractivity contribution in [2.45, 2.75) is 19.9 Å². The van der Waals surface area contributed by atoms with Crippen molar-refractivity contribution in [3.8, 4) is 12.1 Å². The minimum Gasteiger partial charge on any atom is -0.417 e. The standard InChI is InChI=1S/C10H15N5O2/c1-3-4-11-5-8-6-16-10(13-8)17-9-12-7-15(2)14-9/h6-7,11H,3-5H2,1-2H3. The van der Waals surface area contributed by atoms with Gasteiger partial charge in [-0.15, -0.1) is 5.10 Å². The summed E-state index contributed by atoms with van der Waals surface area (Å²) in [5, 5.41) is 7.18. The van der Waals surface area contributed by atoms with Gasteiger partial charge in [0, 0.05) is 13.6 Å². The second-order valence-corrected chi connectivity index (χ2v) is 3.58. The molecule has 2 aromatic heterocycles. The molecule has 0 atom stereocenters. The van der Waals surface area contributed by atoms with Gasteiger partial charge in [0.2, 0.25) is 0 Å². The second kappa shape index (κ2) is 5.44. The highest BCUT2D eigenvalue weighted by Crippen LogP contribution is 2.15. The van der Waals surface area contributed by atoms with E-state index in [4.69, 9.17) is 9.15 Å². The van der Waals surface area contributed by atoms with Crippen molar-refractivity contribution in [2.75, 3.05) is 6.54 Å². The molecule has 0 fully saturated rings. The number of aryl methyl sites for hydroxylation is 1. The fourth-order valence-electron chi connectivity index (χ4n) is 1.25. The van der Waals surface area contributed by atoms with Gasteiger partial charge in [-0.05, 0) is 13.0 Å². The molecule has 1 N–H and O–H groups in total. The van der Waals surface area contributed by atoms with E-state index >= 15 is 0 Å². The van der Waals surface area contributed by atoms with Crippen LogP contribution in [0.3, 0.4) is 0 Å². The van der Waals surface area contributed by atoms with Crippen LogP contribution in [0.2, 0.25) is 0 Å². The molecule has 0 aliphatic heterocycles. The summed E-state index contributed by atoms with van der Waals surface area (Å²) in [6.07, 6.45) is 4.34. The highest BCUT2D eigenvalue weighted by molar-refractivity contribution is 5.04. The number of nitrogens with one attached hydrogen (secondary N) is 1. The Bertz CT molecular complexity index is 465. The topological polar surface area (TPSA) is 78.0 Å². The van der Waals surface area contributed by atoms with Crippen LogP contribution in [0.4, 0.5) is 0 Å². The third-order valence-electron chi connectivity index (χ3n) is 2.02. The average Bonchev–Trinajstić information content (AvgIpc) is 2.90. The summed E-state index contributed by atoms with van der Waals surface area (Å²) in [5.41, 5.74) is 0.796. The second-order valence-electron chi connectivity index (χ2n) is 3.58. The van der Waals surface area contributed by atoms with E-state index in [0.717, 1.165) is 18.7 Å². The number of nitrogens with zero attached hydrogens (tertiary/aromatic N) is 4. The van der Waals surface area contributed by atoms with Crippen molar-refractivity contribution in [3.05, 3.63) is 18.3 Å². The first kappa shape index (κ1) is 11.6. The molecule has 7 heteroatoms. The van der Waals surface area contributed by atoms with Gasteiger partial charge in [-0.1, -0.05) is 6.92 Å². The van der Waals surface area contributed by atoms with E-state index in [9.17, 15) is 0 Å². The van der Waals surface area contributed by atoms with Gasteiger partial charge >= 0.3 is 12.1 Å². The smallest absolute Gasteiger partial charge is 0.401 e. The van der Waals surface area contributed by atoms with E-state index in [1.807, 2.05) is 0 Å². The van der Waals surface area contributed by atoms with Crippen molar-refractivity contribution >= 4 is 0 Å². The highest BCUT2D eigenvalue weighted by Gasteiger charge is 2.08. The molecule has 0 amide bonds. The van der Waals surface area contributed by atoms with Crippen molar-refractivity contribution in [1.82, 2.24) is 25.1 Å². The molecule has 0 aromatic carbocycles. The predicted octanol–water partition coefficient (Wildman–Crippen LogP) is 1.09. The SMILES string of the molecule is CCCNCc1coc(Oc2ncn(C)n2)n1. The summed E-state index contributed by atoms with van der Waals surface area (Å²) >= 11 is 0. The summed E-state index contributed by atoms with van der Waals surface area (Å²) in [5.74, 6) is 0. The molecule has 0 saturated carbocycles. The Hall–Kier alpha value is -1.89. The number of rotatable bonds is 6. The summed E-state index contributed by atoms with van der Waals surface area (Å²) < 4.78 is 11.9. The molecule has 0 saturated heterocycles. The molecular formula is C10H15N5O2. The molecular weight excluding hydrogens is 222 g/mol. The summed E-state index contributed by atoms with van der Waals surface area (Å²) in [6.45, 7) is 3.72. The number of hydrogen-bond acceptors (Lipinski definition) is 6. The van der Waals surface area contributed by atoms with Crippen molar-refractivity contribution in [3.63, 3.8) is 0 Å². The van der Waals surface area contributed by atoms with Gasteiger partial charge in [-0.25, -0.2) is 0 Å². The van der Waals surface area contributed by atoms with Gasteiger partial charge in [0.25, 0.3) is 0 Å². The fraction of sp³-hybridized carbons (Fsp3) is 0.500. The monoisotopic (exact) mass is 237 g/mol. The Balaban J connectivity index is 1.89. The molecule has 2 aromatic rings. The van der Waals surface area contributed by atoms with Crippen LogP contribution in [-0.2, 0) is 13.6 Å². The van der Waals surface area contributed by atoms with Gasteiger partial charge in [-0.2, -0.15) is 9.97 Å². The molecule has 0 spiro atoms. The minimum atomic E-state index is 0.157. The average molecular weight is 237 g/mol. The maximum absolute atomic E-state index is 5.24. The van der Waals surface area contributed by atoms with E-state index in [-0.39, 0.29) is 12.1 Å². The van der Waals surface area contributed by atoms with Crippen LogP contribution in [0.1, 0.15) is 19.0 Å². The molecule has 92 valence electrons. The van der Waals surface area contributed by atoms with Crippen LogP contribution in [0.15, 0.2) is 17.0 Å². The Kier molecular flexibility index (Phi) is 3.71. The zero-order chi connectivity index (χ0) is 12.1. The lowest BCUT2D eigenvalue weighted by molar-refractivity contribution is 0.311. The van der Waals surface area contributed by atoms with E-state index in [2.05, 4.69) is 27.3 Å². The molecule has 0 radical (unpaired) electrons. The van der Waals surface area contributed by atoms with E-state index in [1.54, 1.807) is 24.3 Å². The van der Waals surface area contributed by atoms with E-state index in [1.165, 1.54) is 0 Å². The van der Waals surface area contributed by atoms with Gasteiger partial charge < -0.3 is 14.5 Å². The Morgan fingerprint density at radius 3 is 3.12 bits per heavy atom. The largest absolute Gasteiger partial charge is 0.417 e. The first-order chi connectivity index (χ1) is 8.28. The third-order valence-corrected chi connectivity index (χ3v) is 2.02. The summed E-state index contributed by atoms with van der Waals surface area (Å²) in [7, 11) is 1.76. The summed E-state index contributed by atoms with van der Waals surface area (Å²) in [4.78, 5) is 8.06.